The first-order valence-corrected chi connectivity index (χ1v) is 7.12. The number of carbonyl (C=O) groups is 1. The molecule has 0 saturated heterocycles. The maximum atomic E-state index is 13.1. The fourth-order valence-corrected chi connectivity index (χ4v) is 2.94. The lowest BCUT2D eigenvalue weighted by atomic mass is 10.1. The van der Waals surface area contributed by atoms with Crippen molar-refractivity contribution in [3.05, 3.63) is 41.0 Å². The lowest BCUT2D eigenvalue weighted by molar-refractivity contribution is -0.115. The summed E-state index contributed by atoms with van der Waals surface area (Å²) in [6.45, 7) is 3.56. The molecule has 1 amide bonds. The highest BCUT2D eigenvalue weighted by atomic mass is 32.1. The monoisotopic (exact) mass is 305 g/mol. The summed E-state index contributed by atoms with van der Waals surface area (Å²) in [6.07, 6.45) is 0.172. The van der Waals surface area contributed by atoms with Crippen LogP contribution in [0.4, 0.5) is 9.52 Å². The van der Waals surface area contributed by atoms with Crippen LogP contribution in [0.5, 0.6) is 0 Å². The molecule has 3 rings (SSSR count). The van der Waals surface area contributed by atoms with E-state index in [-0.39, 0.29) is 18.1 Å². The highest BCUT2D eigenvalue weighted by Crippen LogP contribution is 2.26. The van der Waals surface area contributed by atoms with Crippen LogP contribution < -0.4 is 5.32 Å². The van der Waals surface area contributed by atoms with Crippen LogP contribution in [-0.2, 0) is 11.2 Å². The Morgan fingerprint density at radius 1 is 1.43 bits per heavy atom. The van der Waals surface area contributed by atoms with Gasteiger partial charge in [0, 0.05) is 5.56 Å². The predicted octanol–water partition coefficient (Wildman–Crippen LogP) is 3.22. The zero-order chi connectivity index (χ0) is 15.0. The first kappa shape index (κ1) is 13.7. The molecular weight excluding hydrogens is 293 g/mol. The van der Waals surface area contributed by atoms with E-state index in [2.05, 4.69) is 15.5 Å². The molecule has 7 heteroatoms. The van der Waals surface area contributed by atoms with E-state index in [0.717, 1.165) is 5.56 Å². The number of fused-ring (bicyclic) bond motifs is 1. The number of halogens is 1. The summed E-state index contributed by atoms with van der Waals surface area (Å²) in [6, 6.07) is 4.33. The number of aromatic nitrogens is 2. The molecule has 0 saturated carbocycles. The number of thiazole rings is 1. The standard InChI is InChI=1S/C14H12FN3O2S/c1-7-10(8(2)20-18-7)6-13(19)17-14-16-11-4-3-9(15)5-12(11)21-14/h3-5H,6H2,1-2H3,(H,16,17,19). The van der Waals surface area contributed by atoms with Crippen LogP contribution in [0.2, 0.25) is 0 Å². The number of nitrogens with zero attached hydrogens (tertiary/aromatic N) is 2. The molecule has 3 aromatic rings. The van der Waals surface area contributed by atoms with Crippen LogP contribution >= 0.6 is 11.3 Å². The van der Waals surface area contributed by atoms with Gasteiger partial charge in [0.2, 0.25) is 5.91 Å². The van der Waals surface area contributed by atoms with Gasteiger partial charge in [-0.3, -0.25) is 4.79 Å². The number of benzene rings is 1. The Morgan fingerprint density at radius 3 is 2.95 bits per heavy atom. The largest absolute Gasteiger partial charge is 0.361 e. The van der Waals surface area contributed by atoms with Crippen molar-refractivity contribution in [3.63, 3.8) is 0 Å². The Labute approximate surface area is 123 Å². The van der Waals surface area contributed by atoms with E-state index in [4.69, 9.17) is 4.52 Å². The number of rotatable bonds is 3. The van der Waals surface area contributed by atoms with Crippen molar-refractivity contribution in [2.24, 2.45) is 0 Å². The minimum Gasteiger partial charge on any atom is -0.361 e. The molecule has 0 bridgehead atoms. The molecule has 0 unspecified atom stereocenters. The Bertz CT molecular complexity index is 805. The van der Waals surface area contributed by atoms with Crippen molar-refractivity contribution in [1.82, 2.24) is 10.1 Å². The Balaban J connectivity index is 1.77. The van der Waals surface area contributed by atoms with Crippen LogP contribution in [0.3, 0.4) is 0 Å². The molecule has 2 heterocycles. The smallest absolute Gasteiger partial charge is 0.230 e. The lowest BCUT2D eigenvalue weighted by Gasteiger charge is -2.00. The molecule has 1 aromatic carbocycles. The van der Waals surface area contributed by atoms with Crippen molar-refractivity contribution >= 4 is 32.6 Å². The second-order valence-corrected chi connectivity index (χ2v) is 5.69. The summed E-state index contributed by atoms with van der Waals surface area (Å²) in [5.41, 5.74) is 2.14. The Morgan fingerprint density at radius 2 is 2.24 bits per heavy atom. The van der Waals surface area contributed by atoms with E-state index in [1.807, 2.05) is 0 Å². The maximum absolute atomic E-state index is 13.1. The number of aryl methyl sites for hydroxylation is 2. The number of anilines is 1. The highest BCUT2D eigenvalue weighted by Gasteiger charge is 2.15. The summed E-state index contributed by atoms with van der Waals surface area (Å²) < 4.78 is 18.8. The van der Waals surface area contributed by atoms with E-state index in [0.29, 0.717) is 26.8 Å². The van der Waals surface area contributed by atoms with E-state index in [1.54, 1.807) is 19.9 Å². The minimum atomic E-state index is -0.320. The van der Waals surface area contributed by atoms with Gasteiger partial charge in [0.05, 0.1) is 22.3 Å². The fraction of sp³-hybridized carbons (Fsp3) is 0.214. The second-order valence-electron chi connectivity index (χ2n) is 4.66. The zero-order valence-corrected chi connectivity index (χ0v) is 12.3. The van der Waals surface area contributed by atoms with Crippen LogP contribution in [0.15, 0.2) is 22.7 Å². The second kappa shape index (κ2) is 5.25. The number of hydrogen-bond acceptors (Lipinski definition) is 5. The molecule has 0 radical (unpaired) electrons. The summed E-state index contributed by atoms with van der Waals surface area (Å²) in [7, 11) is 0. The molecule has 0 aliphatic carbocycles. The molecule has 2 aromatic heterocycles. The molecule has 0 atom stereocenters. The van der Waals surface area contributed by atoms with Gasteiger partial charge in [-0.25, -0.2) is 9.37 Å². The van der Waals surface area contributed by atoms with Gasteiger partial charge in [0.1, 0.15) is 11.6 Å². The van der Waals surface area contributed by atoms with Gasteiger partial charge >= 0.3 is 0 Å². The average molecular weight is 305 g/mol. The molecule has 0 fully saturated rings. The molecule has 0 aliphatic rings. The van der Waals surface area contributed by atoms with E-state index in [9.17, 15) is 9.18 Å². The first-order valence-electron chi connectivity index (χ1n) is 6.30. The van der Waals surface area contributed by atoms with Crippen molar-refractivity contribution in [3.8, 4) is 0 Å². The number of amides is 1. The Hall–Kier alpha value is -2.28. The Kier molecular flexibility index (Phi) is 3.42. The molecule has 5 nitrogen and oxygen atoms in total. The lowest BCUT2D eigenvalue weighted by Crippen LogP contribution is -2.14. The first-order chi connectivity index (χ1) is 10.0. The molecule has 21 heavy (non-hydrogen) atoms. The summed E-state index contributed by atoms with van der Waals surface area (Å²) in [5.74, 6) is 0.109. The third-order valence-corrected chi connectivity index (χ3v) is 4.05. The average Bonchev–Trinajstić information content (AvgIpc) is 2.95. The van der Waals surface area contributed by atoms with Crippen molar-refractivity contribution in [2.75, 3.05) is 5.32 Å². The van der Waals surface area contributed by atoms with Crippen molar-refractivity contribution in [2.45, 2.75) is 20.3 Å². The minimum absolute atomic E-state index is 0.172. The SMILES string of the molecule is Cc1noc(C)c1CC(=O)Nc1nc2ccc(F)cc2s1. The third-order valence-electron chi connectivity index (χ3n) is 3.12. The number of hydrogen-bond donors (Lipinski definition) is 1. The third kappa shape index (κ3) is 2.78. The molecule has 0 aliphatic heterocycles. The van der Waals surface area contributed by atoms with Crippen LogP contribution in [0.1, 0.15) is 17.0 Å². The van der Waals surface area contributed by atoms with Crippen molar-refractivity contribution in [1.29, 1.82) is 0 Å². The van der Waals surface area contributed by atoms with Gasteiger partial charge in [-0.1, -0.05) is 16.5 Å². The highest BCUT2D eigenvalue weighted by molar-refractivity contribution is 7.22. The van der Waals surface area contributed by atoms with Gasteiger partial charge in [0.15, 0.2) is 5.13 Å². The van der Waals surface area contributed by atoms with Gasteiger partial charge in [0.25, 0.3) is 0 Å². The van der Waals surface area contributed by atoms with Gasteiger partial charge < -0.3 is 9.84 Å². The normalized spacial score (nSPS) is 11.0. The number of nitrogens with one attached hydrogen (secondary N) is 1. The predicted molar refractivity (Wildman–Crippen MR) is 77.9 cm³/mol. The quantitative estimate of drug-likeness (QED) is 0.806. The van der Waals surface area contributed by atoms with E-state index < -0.39 is 0 Å². The van der Waals surface area contributed by atoms with Crippen molar-refractivity contribution < 1.29 is 13.7 Å². The summed E-state index contributed by atoms with van der Waals surface area (Å²) in [5, 5.41) is 6.98. The molecule has 1 N–H and O–H groups in total. The van der Waals surface area contributed by atoms with Gasteiger partial charge in [-0.2, -0.15) is 0 Å². The molecule has 108 valence electrons. The van der Waals surface area contributed by atoms with E-state index >= 15 is 0 Å². The topological polar surface area (TPSA) is 68.0 Å². The fourth-order valence-electron chi connectivity index (χ4n) is 2.03. The molecule has 0 spiro atoms. The van der Waals surface area contributed by atoms with Crippen LogP contribution in [-0.4, -0.2) is 16.0 Å². The number of carbonyl (C=O) groups excluding carboxylic acids is 1. The molecular formula is C14H12FN3O2S. The van der Waals surface area contributed by atoms with Crippen LogP contribution in [0.25, 0.3) is 10.2 Å². The van der Waals surface area contributed by atoms with E-state index in [1.165, 1.54) is 23.5 Å². The van der Waals surface area contributed by atoms with Crippen LogP contribution in [0, 0.1) is 19.7 Å². The maximum Gasteiger partial charge on any atom is 0.230 e. The summed E-state index contributed by atoms with van der Waals surface area (Å²) in [4.78, 5) is 16.3. The summed E-state index contributed by atoms with van der Waals surface area (Å²) >= 11 is 1.24. The zero-order valence-electron chi connectivity index (χ0n) is 11.4. The van der Waals surface area contributed by atoms with Gasteiger partial charge in [-0.05, 0) is 32.0 Å². The van der Waals surface area contributed by atoms with Gasteiger partial charge in [-0.15, -0.1) is 0 Å².